The lowest BCUT2D eigenvalue weighted by molar-refractivity contribution is -0.132. The van der Waals surface area contributed by atoms with Gasteiger partial charge in [-0.15, -0.1) is 5.10 Å². The van der Waals surface area contributed by atoms with Crippen molar-refractivity contribution in [1.29, 1.82) is 0 Å². The number of carbonyl (C=O) groups is 1. The van der Waals surface area contributed by atoms with Crippen LogP contribution in [0.1, 0.15) is 0 Å². The van der Waals surface area contributed by atoms with Crippen LogP contribution in [0.25, 0.3) is 0 Å². The van der Waals surface area contributed by atoms with Crippen LogP contribution in [0.4, 0.5) is 11.5 Å². The van der Waals surface area contributed by atoms with Crippen molar-refractivity contribution in [3.63, 3.8) is 0 Å². The van der Waals surface area contributed by atoms with Crippen molar-refractivity contribution >= 4 is 17.4 Å². The molecule has 0 aromatic carbocycles. The molecule has 4 heterocycles. The Labute approximate surface area is 151 Å². The first-order valence-corrected chi connectivity index (χ1v) is 8.80. The van der Waals surface area contributed by atoms with Crippen LogP contribution < -0.4 is 9.80 Å². The SMILES string of the molecule is O=C(Cn1cncn1)N1CCN(c2cc(N3CCOCC3)cnn2)CC1. The van der Waals surface area contributed by atoms with Gasteiger partial charge in [-0.25, -0.2) is 9.67 Å². The van der Waals surface area contributed by atoms with Crippen molar-refractivity contribution in [2.75, 3.05) is 62.3 Å². The summed E-state index contributed by atoms with van der Waals surface area (Å²) in [5.41, 5.74) is 1.07. The number of rotatable bonds is 4. The molecule has 138 valence electrons. The van der Waals surface area contributed by atoms with Gasteiger partial charge in [-0.05, 0) is 0 Å². The summed E-state index contributed by atoms with van der Waals surface area (Å²) in [6.45, 7) is 6.26. The third-order valence-electron chi connectivity index (χ3n) is 4.72. The van der Waals surface area contributed by atoms with Gasteiger partial charge in [-0.1, -0.05) is 0 Å². The Hall–Kier alpha value is -2.75. The number of ether oxygens (including phenoxy) is 1. The molecule has 2 saturated heterocycles. The van der Waals surface area contributed by atoms with E-state index < -0.39 is 0 Å². The fourth-order valence-electron chi connectivity index (χ4n) is 3.23. The molecule has 2 aliphatic heterocycles. The fraction of sp³-hybridized carbons (Fsp3) is 0.562. The van der Waals surface area contributed by atoms with Gasteiger partial charge in [0.2, 0.25) is 5.91 Å². The van der Waals surface area contributed by atoms with E-state index in [0.717, 1.165) is 50.9 Å². The van der Waals surface area contributed by atoms with E-state index in [1.54, 1.807) is 17.2 Å². The minimum absolute atomic E-state index is 0.0586. The van der Waals surface area contributed by atoms with Gasteiger partial charge < -0.3 is 19.4 Å². The molecular weight excluding hydrogens is 336 g/mol. The third-order valence-corrected chi connectivity index (χ3v) is 4.72. The third kappa shape index (κ3) is 3.74. The molecule has 4 rings (SSSR count). The number of anilines is 2. The summed E-state index contributed by atoms with van der Waals surface area (Å²) in [5, 5.41) is 12.4. The predicted octanol–water partition coefficient (Wildman–Crippen LogP) is -0.746. The van der Waals surface area contributed by atoms with E-state index >= 15 is 0 Å². The highest BCUT2D eigenvalue weighted by Gasteiger charge is 2.23. The highest BCUT2D eigenvalue weighted by molar-refractivity contribution is 5.76. The monoisotopic (exact) mass is 358 g/mol. The highest BCUT2D eigenvalue weighted by Crippen LogP contribution is 2.21. The van der Waals surface area contributed by atoms with Crippen molar-refractivity contribution in [3.8, 4) is 0 Å². The van der Waals surface area contributed by atoms with Crippen LogP contribution in [-0.2, 0) is 16.1 Å². The van der Waals surface area contributed by atoms with Gasteiger partial charge in [0, 0.05) is 45.3 Å². The first kappa shape index (κ1) is 16.7. The largest absolute Gasteiger partial charge is 0.378 e. The first-order valence-electron chi connectivity index (χ1n) is 8.80. The molecule has 0 atom stereocenters. The number of hydrogen-bond donors (Lipinski definition) is 0. The molecule has 0 spiro atoms. The van der Waals surface area contributed by atoms with Gasteiger partial charge >= 0.3 is 0 Å². The van der Waals surface area contributed by atoms with Crippen LogP contribution in [0.5, 0.6) is 0 Å². The van der Waals surface area contributed by atoms with Crippen LogP contribution >= 0.6 is 0 Å². The molecule has 2 aromatic rings. The summed E-state index contributed by atoms with van der Waals surface area (Å²) in [4.78, 5) is 22.5. The Balaban J connectivity index is 1.35. The Bertz CT molecular complexity index is 724. The molecule has 2 aliphatic rings. The molecule has 2 aromatic heterocycles. The van der Waals surface area contributed by atoms with Crippen LogP contribution in [-0.4, -0.2) is 88.3 Å². The molecular formula is C16H22N8O2. The van der Waals surface area contributed by atoms with Crippen LogP contribution in [0, 0.1) is 0 Å². The Morgan fingerprint density at radius 2 is 1.88 bits per heavy atom. The predicted molar refractivity (Wildman–Crippen MR) is 93.9 cm³/mol. The topological polar surface area (TPSA) is 92.5 Å². The number of carbonyl (C=O) groups excluding carboxylic acids is 1. The van der Waals surface area contributed by atoms with E-state index in [4.69, 9.17) is 4.74 Å². The zero-order valence-electron chi connectivity index (χ0n) is 14.6. The molecule has 1 amide bonds. The van der Waals surface area contributed by atoms with Crippen LogP contribution in [0.3, 0.4) is 0 Å². The van der Waals surface area contributed by atoms with Crippen molar-refractivity contribution in [1.82, 2.24) is 29.9 Å². The molecule has 2 fully saturated rings. The molecule has 0 aliphatic carbocycles. The minimum Gasteiger partial charge on any atom is -0.378 e. The lowest BCUT2D eigenvalue weighted by Crippen LogP contribution is -2.50. The average molecular weight is 358 g/mol. The van der Waals surface area contributed by atoms with Gasteiger partial charge in [-0.2, -0.15) is 10.2 Å². The fourth-order valence-corrected chi connectivity index (χ4v) is 3.23. The highest BCUT2D eigenvalue weighted by atomic mass is 16.5. The van der Waals surface area contributed by atoms with E-state index in [1.807, 2.05) is 4.90 Å². The summed E-state index contributed by atoms with van der Waals surface area (Å²) in [5.74, 6) is 0.917. The van der Waals surface area contributed by atoms with E-state index in [-0.39, 0.29) is 12.5 Å². The molecule has 10 nitrogen and oxygen atoms in total. The van der Waals surface area contributed by atoms with E-state index in [0.29, 0.717) is 13.1 Å². The summed E-state index contributed by atoms with van der Waals surface area (Å²) < 4.78 is 6.95. The number of piperazine rings is 1. The Kier molecular flexibility index (Phi) is 4.91. The van der Waals surface area contributed by atoms with Gasteiger partial charge in [0.1, 0.15) is 19.2 Å². The van der Waals surface area contributed by atoms with Crippen molar-refractivity contribution < 1.29 is 9.53 Å². The number of hydrogen-bond acceptors (Lipinski definition) is 8. The van der Waals surface area contributed by atoms with Gasteiger partial charge in [-0.3, -0.25) is 4.79 Å². The number of nitrogens with zero attached hydrogens (tertiary/aromatic N) is 8. The van der Waals surface area contributed by atoms with Crippen LogP contribution in [0.2, 0.25) is 0 Å². The normalized spacial score (nSPS) is 18.2. The number of morpholine rings is 1. The maximum Gasteiger partial charge on any atom is 0.244 e. The van der Waals surface area contributed by atoms with Gasteiger partial charge in [0.15, 0.2) is 5.82 Å². The lowest BCUT2D eigenvalue weighted by Gasteiger charge is -2.35. The molecule has 0 bridgehead atoms. The number of aromatic nitrogens is 5. The first-order chi connectivity index (χ1) is 12.8. The standard InChI is InChI=1S/C16H22N8O2/c25-16(11-24-13-17-12-19-24)23-3-1-22(2-4-23)15-9-14(10-18-20-15)21-5-7-26-8-6-21/h9-10,12-13H,1-8,11H2. The van der Waals surface area contributed by atoms with Crippen molar-refractivity contribution in [3.05, 3.63) is 24.9 Å². The van der Waals surface area contributed by atoms with E-state index in [1.165, 1.54) is 6.33 Å². The molecule has 0 N–H and O–H groups in total. The minimum atomic E-state index is 0.0586. The van der Waals surface area contributed by atoms with Crippen LogP contribution in [0.15, 0.2) is 24.9 Å². The quantitative estimate of drug-likeness (QED) is 0.705. The van der Waals surface area contributed by atoms with E-state index in [9.17, 15) is 4.79 Å². The van der Waals surface area contributed by atoms with Gasteiger partial charge in [0.25, 0.3) is 0 Å². The summed E-state index contributed by atoms with van der Waals surface area (Å²) >= 11 is 0. The summed E-state index contributed by atoms with van der Waals surface area (Å²) in [6.07, 6.45) is 4.79. The van der Waals surface area contributed by atoms with E-state index in [2.05, 4.69) is 36.1 Å². The number of amides is 1. The molecule has 0 radical (unpaired) electrons. The summed E-state index contributed by atoms with van der Waals surface area (Å²) in [6, 6.07) is 2.07. The average Bonchev–Trinajstić information content (AvgIpc) is 3.22. The van der Waals surface area contributed by atoms with Gasteiger partial charge in [0.05, 0.1) is 25.1 Å². The molecule has 0 saturated carbocycles. The second-order valence-corrected chi connectivity index (χ2v) is 6.33. The Morgan fingerprint density at radius 1 is 1.08 bits per heavy atom. The molecule has 0 unspecified atom stereocenters. The Morgan fingerprint density at radius 3 is 2.62 bits per heavy atom. The maximum absolute atomic E-state index is 12.3. The smallest absolute Gasteiger partial charge is 0.244 e. The summed E-state index contributed by atoms with van der Waals surface area (Å²) in [7, 11) is 0. The second kappa shape index (κ2) is 7.65. The zero-order chi connectivity index (χ0) is 17.8. The van der Waals surface area contributed by atoms with Crippen molar-refractivity contribution in [2.45, 2.75) is 6.54 Å². The zero-order valence-corrected chi connectivity index (χ0v) is 14.6. The molecule has 10 heteroatoms. The molecule has 26 heavy (non-hydrogen) atoms. The lowest BCUT2D eigenvalue weighted by atomic mass is 10.3. The van der Waals surface area contributed by atoms with Crippen molar-refractivity contribution in [2.24, 2.45) is 0 Å². The second-order valence-electron chi connectivity index (χ2n) is 6.33. The maximum atomic E-state index is 12.3.